The molecule has 0 unspecified atom stereocenters. The molecule has 0 amide bonds. The molecular weight excluding hydrogens is 783 g/mol. The highest BCUT2D eigenvalue weighted by Crippen LogP contribution is 2.68. The van der Waals surface area contributed by atoms with Crippen molar-refractivity contribution in [2.75, 3.05) is 5.75 Å². The Kier molecular flexibility index (Phi) is 10.1. The smallest absolute Gasteiger partial charge is 0.164 e. The van der Waals surface area contributed by atoms with Gasteiger partial charge in [0.1, 0.15) is 0 Å². The molecule has 1 heterocycles. The number of hydrogen-bond donors (Lipinski definition) is 0. The highest BCUT2D eigenvalue weighted by Gasteiger charge is 2.31. The molecule has 10 aromatic carbocycles. The lowest BCUT2D eigenvalue weighted by Crippen LogP contribution is -2.10. The summed E-state index contributed by atoms with van der Waals surface area (Å²) in [6.45, 7) is 0. The summed E-state index contributed by atoms with van der Waals surface area (Å²) >= 11 is 0. The van der Waals surface area contributed by atoms with Crippen LogP contribution in [0, 0.1) is 0 Å². The maximum atomic E-state index is 5.31. The van der Waals surface area contributed by atoms with Gasteiger partial charge in [-0.2, -0.15) is 10.0 Å². The minimum Gasteiger partial charge on any atom is -0.208 e. The molecule has 0 N–H and O–H groups in total. The van der Waals surface area contributed by atoms with Gasteiger partial charge in [0.15, 0.2) is 17.5 Å². The van der Waals surface area contributed by atoms with Crippen molar-refractivity contribution < 1.29 is 0 Å². The Hall–Kier alpha value is -7.66. The number of aryl methyl sites for hydroxylation is 1. The molecule has 1 aromatic heterocycles. The average molecular weight is 826 g/mol. The molecular formula is C59H43N3S. The quantitative estimate of drug-likeness (QED) is 0.129. The van der Waals surface area contributed by atoms with E-state index in [1.165, 1.54) is 47.2 Å². The Morgan fingerprint density at radius 2 is 0.714 bits per heavy atom. The third kappa shape index (κ3) is 7.15. The minimum absolute atomic E-state index is 0.643. The third-order valence-corrected chi connectivity index (χ3v) is 16.3. The fourth-order valence-corrected chi connectivity index (χ4v) is 13.1. The van der Waals surface area contributed by atoms with E-state index in [-0.39, 0.29) is 0 Å². The fraction of sp³-hybridized carbons (Fsp3) is 0.0339. The second-order valence-corrected chi connectivity index (χ2v) is 19.2. The molecule has 0 spiro atoms. The van der Waals surface area contributed by atoms with Crippen LogP contribution in [0.2, 0.25) is 0 Å². The van der Waals surface area contributed by atoms with Gasteiger partial charge in [0.05, 0.1) is 0 Å². The van der Waals surface area contributed by atoms with Crippen molar-refractivity contribution >= 4 is 42.3 Å². The van der Waals surface area contributed by atoms with Crippen molar-refractivity contribution in [1.82, 2.24) is 15.0 Å². The zero-order valence-electron chi connectivity index (χ0n) is 34.7. The van der Waals surface area contributed by atoms with Crippen molar-refractivity contribution in [3.63, 3.8) is 0 Å². The van der Waals surface area contributed by atoms with Gasteiger partial charge in [-0.3, -0.25) is 0 Å². The predicted molar refractivity (Wildman–Crippen MR) is 264 cm³/mol. The minimum atomic E-state index is -1.66. The second-order valence-electron chi connectivity index (χ2n) is 15.9. The molecule has 0 aliphatic rings. The molecule has 3 nitrogen and oxygen atoms in total. The molecule has 63 heavy (non-hydrogen) atoms. The van der Waals surface area contributed by atoms with Crippen LogP contribution in [0.3, 0.4) is 0 Å². The van der Waals surface area contributed by atoms with E-state index in [9.17, 15) is 0 Å². The summed E-state index contributed by atoms with van der Waals surface area (Å²) in [5.41, 5.74) is 6.46. The molecule has 4 heteroatoms. The molecule has 300 valence electrons. The summed E-state index contributed by atoms with van der Waals surface area (Å²) in [6, 6.07) is 85.4. The highest BCUT2D eigenvalue weighted by molar-refractivity contribution is 8.33. The number of benzene rings is 10. The van der Waals surface area contributed by atoms with Crippen LogP contribution in [0.5, 0.6) is 0 Å². The standard InChI is InChI=1S/C59H43N3S/c1-6-20-42(21-7-1)38-39-63(47-26-12-4-13-27-47,48-28-14-5-15-29-48)49-36-34-43(35-37-49)46-40-54-52-32-17-16-30-50(52)51-31-18-19-33-53(51)56(54)55(41-46)59-61-57(44-22-8-2-9-23-44)60-58(62-59)45-24-10-3-11-25-45/h1-37,40-41H,38-39H2. The lowest BCUT2D eigenvalue weighted by molar-refractivity contribution is 1.08. The van der Waals surface area contributed by atoms with Crippen LogP contribution in [0.1, 0.15) is 5.56 Å². The van der Waals surface area contributed by atoms with Gasteiger partial charge in [0, 0.05) is 22.1 Å². The Balaban J connectivity index is 1.15. The first-order valence-corrected chi connectivity index (χ1v) is 23.3. The van der Waals surface area contributed by atoms with Crippen molar-refractivity contribution in [2.45, 2.75) is 21.1 Å². The Morgan fingerprint density at radius 3 is 1.25 bits per heavy atom. The van der Waals surface area contributed by atoms with Gasteiger partial charge in [0.2, 0.25) is 0 Å². The van der Waals surface area contributed by atoms with E-state index in [0.29, 0.717) is 17.5 Å². The predicted octanol–water partition coefficient (Wildman–Crippen LogP) is 15.5. The Labute approximate surface area is 369 Å². The van der Waals surface area contributed by atoms with E-state index < -0.39 is 10.0 Å². The monoisotopic (exact) mass is 825 g/mol. The molecule has 0 radical (unpaired) electrons. The number of fused-ring (bicyclic) bond motifs is 6. The van der Waals surface area contributed by atoms with Crippen LogP contribution in [0.25, 0.3) is 77.6 Å². The lowest BCUT2D eigenvalue weighted by atomic mass is 9.88. The zero-order valence-corrected chi connectivity index (χ0v) is 35.5. The Bertz CT molecular complexity index is 3260. The largest absolute Gasteiger partial charge is 0.208 e. The highest BCUT2D eigenvalue weighted by atomic mass is 32.3. The van der Waals surface area contributed by atoms with Crippen LogP contribution in [-0.2, 0) is 6.42 Å². The second kappa shape index (κ2) is 16.7. The normalized spacial score (nSPS) is 11.9. The average Bonchev–Trinajstić information content (AvgIpc) is 3.38. The van der Waals surface area contributed by atoms with Crippen LogP contribution < -0.4 is 0 Å². The SMILES string of the molecule is c1ccc(CCS(c2ccccc2)(c2ccccc2)c2ccc(-c3cc(-c4nc(-c5ccccc5)nc(-c5ccccc5)n4)c4c5ccccc5c5ccccc5c4c3)cc2)cc1. The van der Waals surface area contributed by atoms with Gasteiger partial charge < -0.3 is 0 Å². The summed E-state index contributed by atoms with van der Waals surface area (Å²) in [7, 11) is -1.66. The van der Waals surface area contributed by atoms with Gasteiger partial charge in [-0.15, -0.1) is 0 Å². The summed E-state index contributed by atoms with van der Waals surface area (Å²) in [4.78, 5) is 19.8. The molecule has 0 aliphatic carbocycles. The first-order valence-electron chi connectivity index (χ1n) is 21.5. The zero-order chi connectivity index (χ0) is 42.0. The van der Waals surface area contributed by atoms with Crippen molar-refractivity contribution in [2.24, 2.45) is 0 Å². The summed E-state index contributed by atoms with van der Waals surface area (Å²) in [5.74, 6) is 2.92. The summed E-state index contributed by atoms with van der Waals surface area (Å²) in [6.07, 6.45) is 0.971. The van der Waals surface area contributed by atoms with Gasteiger partial charge >= 0.3 is 0 Å². The van der Waals surface area contributed by atoms with E-state index in [0.717, 1.165) is 45.4 Å². The third-order valence-electron chi connectivity index (χ3n) is 12.2. The van der Waals surface area contributed by atoms with Crippen molar-refractivity contribution in [3.05, 3.63) is 242 Å². The van der Waals surface area contributed by atoms with Crippen molar-refractivity contribution in [3.8, 4) is 45.3 Å². The molecule has 11 rings (SSSR count). The summed E-state index contributed by atoms with van der Waals surface area (Å²) < 4.78 is 0. The van der Waals surface area contributed by atoms with Crippen LogP contribution in [-0.4, -0.2) is 20.7 Å². The molecule has 0 saturated heterocycles. The molecule has 0 aliphatic heterocycles. The van der Waals surface area contributed by atoms with E-state index in [4.69, 9.17) is 15.0 Å². The van der Waals surface area contributed by atoms with Gasteiger partial charge in [-0.25, -0.2) is 15.0 Å². The van der Waals surface area contributed by atoms with Gasteiger partial charge in [-0.05, 0) is 119 Å². The lowest BCUT2D eigenvalue weighted by Gasteiger charge is -2.42. The maximum absolute atomic E-state index is 5.31. The summed E-state index contributed by atoms with van der Waals surface area (Å²) in [5, 5.41) is 7.10. The molecule has 0 bridgehead atoms. The molecule has 11 aromatic rings. The van der Waals surface area contributed by atoms with Crippen LogP contribution in [0.15, 0.2) is 251 Å². The first-order chi connectivity index (χ1) is 31.2. The number of rotatable bonds is 10. The topological polar surface area (TPSA) is 38.7 Å². The number of nitrogens with zero attached hydrogens (tertiary/aromatic N) is 3. The van der Waals surface area contributed by atoms with Gasteiger partial charge in [-0.1, -0.05) is 188 Å². The van der Waals surface area contributed by atoms with Crippen LogP contribution >= 0.6 is 10.0 Å². The Morgan fingerprint density at radius 1 is 0.302 bits per heavy atom. The first kappa shape index (κ1) is 38.3. The number of aromatic nitrogens is 3. The molecule has 0 atom stereocenters. The van der Waals surface area contributed by atoms with Gasteiger partial charge in [0.25, 0.3) is 0 Å². The van der Waals surface area contributed by atoms with E-state index in [1.807, 2.05) is 36.4 Å². The van der Waals surface area contributed by atoms with E-state index >= 15 is 0 Å². The van der Waals surface area contributed by atoms with E-state index in [2.05, 4.69) is 200 Å². The molecule has 0 saturated carbocycles. The van der Waals surface area contributed by atoms with E-state index in [1.54, 1.807) is 0 Å². The number of hydrogen-bond acceptors (Lipinski definition) is 3. The van der Waals surface area contributed by atoms with Crippen molar-refractivity contribution in [1.29, 1.82) is 0 Å². The van der Waals surface area contributed by atoms with Crippen LogP contribution in [0.4, 0.5) is 0 Å². The fourth-order valence-electron chi connectivity index (χ4n) is 9.17. The molecule has 0 fully saturated rings. The maximum Gasteiger partial charge on any atom is 0.164 e.